The van der Waals surface area contributed by atoms with E-state index >= 15 is 0 Å². The number of nitrogens with zero attached hydrogens (tertiary/aromatic N) is 1. The first kappa shape index (κ1) is 18.8. The summed E-state index contributed by atoms with van der Waals surface area (Å²) in [6.07, 6.45) is 0. The molecule has 0 heterocycles. The van der Waals surface area contributed by atoms with Crippen LogP contribution >= 0.6 is 0 Å². The summed E-state index contributed by atoms with van der Waals surface area (Å²) < 4.78 is 32.6. The lowest BCUT2D eigenvalue weighted by Crippen LogP contribution is -2.41. The van der Waals surface area contributed by atoms with E-state index in [4.69, 9.17) is 4.74 Å². The lowest BCUT2D eigenvalue weighted by Gasteiger charge is -2.25. The van der Waals surface area contributed by atoms with Gasteiger partial charge >= 0.3 is 0 Å². The van der Waals surface area contributed by atoms with Crippen LogP contribution in [0.1, 0.15) is 12.5 Å². The van der Waals surface area contributed by atoms with Crippen molar-refractivity contribution >= 4 is 21.6 Å². The van der Waals surface area contributed by atoms with Crippen LogP contribution in [0.5, 0.6) is 5.75 Å². The highest BCUT2D eigenvalue weighted by atomic mass is 32.2. The molecule has 0 aromatic heterocycles. The number of carbonyl (C=O) groups is 1. The summed E-state index contributed by atoms with van der Waals surface area (Å²) in [5, 5.41) is 2.63. The van der Waals surface area contributed by atoms with E-state index in [0.29, 0.717) is 18.0 Å². The lowest BCUT2D eigenvalue weighted by molar-refractivity contribution is -0.119. The Balaban J connectivity index is 2.54. The number of aryl methyl sites for hydroxylation is 1. The summed E-state index contributed by atoms with van der Waals surface area (Å²) in [6, 6.07) is 13.2. The van der Waals surface area contributed by atoms with Crippen molar-refractivity contribution in [2.24, 2.45) is 0 Å². The van der Waals surface area contributed by atoms with Gasteiger partial charge in [-0.2, -0.15) is 0 Å². The fourth-order valence-electron chi connectivity index (χ4n) is 2.36. The van der Waals surface area contributed by atoms with E-state index in [0.717, 1.165) is 9.87 Å². The van der Waals surface area contributed by atoms with Crippen molar-refractivity contribution in [3.63, 3.8) is 0 Å². The molecule has 0 spiro atoms. The summed E-state index contributed by atoms with van der Waals surface area (Å²) in [7, 11) is -2.46. The Morgan fingerprint density at radius 1 is 1.12 bits per heavy atom. The molecule has 0 bridgehead atoms. The molecule has 0 aliphatic carbocycles. The Morgan fingerprint density at radius 2 is 1.76 bits per heavy atom. The zero-order chi connectivity index (χ0) is 18.4. The van der Waals surface area contributed by atoms with Crippen molar-refractivity contribution in [1.29, 1.82) is 0 Å². The molecule has 25 heavy (non-hydrogen) atoms. The van der Waals surface area contributed by atoms with Gasteiger partial charge in [-0.05, 0) is 38.1 Å². The van der Waals surface area contributed by atoms with Crippen LogP contribution in [0, 0.1) is 6.92 Å². The number of benzene rings is 2. The highest BCUT2D eigenvalue weighted by Crippen LogP contribution is 2.32. The molecule has 0 unspecified atom stereocenters. The van der Waals surface area contributed by atoms with Crippen LogP contribution in [0.25, 0.3) is 0 Å². The molecule has 0 atom stereocenters. The van der Waals surface area contributed by atoms with Gasteiger partial charge in [0.2, 0.25) is 5.91 Å². The van der Waals surface area contributed by atoms with Gasteiger partial charge in [0, 0.05) is 6.54 Å². The van der Waals surface area contributed by atoms with E-state index in [1.165, 1.54) is 19.2 Å². The van der Waals surface area contributed by atoms with E-state index in [-0.39, 0.29) is 17.3 Å². The zero-order valence-electron chi connectivity index (χ0n) is 14.5. The molecule has 2 aromatic rings. The number of hydrogen-bond donors (Lipinski definition) is 1. The van der Waals surface area contributed by atoms with Crippen molar-refractivity contribution in [2.75, 3.05) is 24.5 Å². The molecular formula is C18H22N2O4S. The second-order valence-corrected chi connectivity index (χ2v) is 7.31. The summed E-state index contributed by atoms with van der Waals surface area (Å²) in [5.74, 6) is -0.00780. The minimum absolute atomic E-state index is 0.119. The minimum Gasteiger partial charge on any atom is -0.495 e. The van der Waals surface area contributed by atoms with Crippen LogP contribution < -0.4 is 14.4 Å². The summed E-state index contributed by atoms with van der Waals surface area (Å²) in [5.41, 5.74) is 1.27. The molecular weight excluding hydrogens is 340 g/mol. The summed E-state index contributed by atoms with van der Waals surface area (Å²) >= 11 is 0. The second-order valence-electron chi connectivity index (χ2n) is 5.45. The lowest BCUT2D eigenvalue weighted by atomic mass is 10.2. The molecule has 1 amide bonds. The van der Waals surface area contributed by atoms with Gasteiger partial charge in [0.1, 0.15) is 12.3 Å². The number of carbonyl (C=O) groups excluding carboxylic acids is 1. The number of nitrogens with one attached hydrogen (secondary N) is 1. The van der Waals surface area contributed by atoms with Gasteiger partial charge in [0.25, 0.3) is 10.0 Å². The second kappa shape index (κ2) is 8.02. The van der Waals surface area contributed by atoms with E-state index in [1.807, 2.05) is 6.92 Å². The molecule has 7 heteroatoms. The van der Waals surface area contributed by atoms with Gasteiger partial charge in [0.15, 0.2) is 0 Å². The number of sulfonamides is 1. The van der Waals surface area contributed by atoms with Gasteiger partial charge in [-0.3, -0.25) is 9.10 Å². The SMILES string of the molecule is CCNC(=O)CN(c1ccccc1OC)S(=O)(=O)c1ccc(C)cc1. The number of methoxy groups -OCH3 is 1. The van der Waals surface area contributed by atoms with Gasteiger partial charge in [-0.25, -0.2) is 8.42 Å². The van der Waals surface area contributed by atoms with E-state index in [2.05, 4.69) is 5.32 Å². The highest BCUT2D eigenvalue weighted by Gasteiger charge is 2.29. The minimum atomic E-state index is -3.92. The third kappa shape index (κ3) is 4.30. The van der Waals surface area contributed by atoms with Gasteiger partial charge < -0.3 is 10.1 Å². The first-order valence-corrected chi connectivity index (χ1v) is 9.33. The Morgan fingerprint density at radius 3 is 2.36 bits per heavy atom. The van der Waals surface area contributed by atoms with Crippen molar-refractivity contribution in [2.45, 2.75) is 18.7 Å². The van der Waals surface area contributed by atoms with Gasteiger partial charge in [-0.15, -0.1) is 0 Å². The number of likely N-dealkylation sites (N-methyl/N-ethyl adjacent to an activating group) is 1. The zero-order valence-corrected chi connectivity index (χ0v) is 15.3. The topological polar surface area (TPSA) is 75.7 Å². The molecule has 0 saturated carbocycles. The quantitative estimate of drug-likeness (QED) is 0.820. The third-order valence-corrected chi connectivity index (χ3v) is 5.40. The number of amides is 1. The Bertz CT molecular complexity index is 832. The summed E-state index contributed by atoms with van der Waals surface area (Å²) in [6.45, 7) is 3.75. The number of para-hydroxylation sites is 2. The van der Waals surface area contributed by atoms with Crippen LogP contribution in [0.3, 0.4) is 0 Å². The van der Waals surface area contributed by atoms with Gasteiger partial charge in [0.05, 0.1) is 17.7 Å². The smallest absolute Gasteiger partial charge is 0.264 e. The Labute approximate surface area is 148 Å². The predicted molar refractivity (Wildman–Crippen MR) is 97.4 cm³/mol. The maximum atomic E-state index is 13.1. The fraction of sp³-hybridized carbons (Fsp3) is 0.278. The van der Waals surface area contributed by atoms with Crippen molar-refractivity contribution in [3.05, 3.63) is 54.1 Å². The Kier molecular flexibility index (Phi) is 6.03. The average molecular weight is 362 g/mol. The standard InChI is InChI=1S/C18H22N2O4S/c1-4-19-18(21)13-20(16-7-5-6-8-17(16)24-3)25(22,23)15-11-9-14(2)10-12-15/h5-12H,4,13H2,1-3H3,(H,19,21). The third-order valence-electron chi connectivity index (χ3n) is 3.62. The van der Waals surface area contributed by atoms with Crippen LogP contribution in [-0.4, -0.2) is 34.5 Å². The average Bonchev–Trinajstić information content (AvgIpc) is 2.60. The van der Waals surface area contributed by atoms with E-state index in [9.17, 15) is 13.2 Å². The van der Waals surface area contributed by atoms with Crippen LogP contribution in [0.2, 0.25) is 0 Å². The molecule has 0 radical (unpaired) electrons. The van der Waals surface area contributed by atoms with E-state index in [1.54, 1.807) is 43.3 Å². The molecule has 134 valence electrons. The molecule has 0 saturated heterocycles. The van der Waals surface area contributed by atoms with Crippen molar-refractivity contribution in [3.8, 4) is 5.75 Å². The number of anilines is 1. The fourth-order valence-corrected chi connectivity index (χ4v) is 3.79. The summed E-state index contributed by atoms with van der Waals surface area (Å²) in [4.78, 5) is 12.2. The first-order chi connectivity index (χ1) is 11.9. The molecule has 1 N–H and O–H groups in total. The number of rotatable bonds is 7. The highest BCUT2D eigenvalue weighted by molar-refractivity contribution is 7.92. The Hall–Kier alpha value is -2.54. The maximum absolute atomic E-state index is 13.1. The number of ether oxygens (including phenoxy) is 1. The predicted octanol–water partition coefficient (Wildman–Crippen LogP) is 2.34. The molecule has 2 rings (SSSR count). The van der Waals surface area contributed by atoms with Crippen LogP contribution in [0.15, 0.2) is 53.4 Å². The monoisotopic (exact) mass is 362 g/mol. The molecule has 0 aliphatic rings. The molecule has 2 aromatic carbocycles. The van der Waals surface area contributed by atoms with Crippen molar-refractivity contribution < 1.29 is 17.9 Å². The van der Waals surface area contributed by atoms with Crippen LogP contribution in [0.4, 0.5) is 5.69 Å². The maximum Gasteiger partial charge on any atom is 0.264 e. The number of hydrogen-bond acceptors (Lipinski definition) is 4. The van der Waals surface area contributed by atoms with Crippen LogP contribution in [-0.2, 0) is 14.8 Å². The molecule has 6 nitrogen and oxygen atoms in total. The normalized spacial score (nSPS) is 11.0. The largest absolute Gasteiger partial charge is 0.495 e. The molecule has 0 aliphatic heterocycles. The van der Waals surface area contributed by atoms with Crippen molar-refractivity contribution in [1.82, 2.24) is 5.32 Å². The molecule has 0 fully saturated rings. The van der Waals surface area contributed by atoms with Gasteiger partial charge in [-0.1, -0.05) is 29.8 Å². The first-order valence-electron chi connectivity index (χ1n) is 7.89. The van der Waals surface area contributed by atoms with E-state index < -0.39 is 10.0 Å².